The van der Waals surface area contributed by atoms with E-state index in [1.807, 2.05) is 111 Å². The molecule has 7 aromatic carbocycles. The van der Waals surface area contributed by atoms with Crippen molar-refractivity contribution in [2.45, 2.75) is 90.4 Å². The number of nitrogens with one attached hydrogen (secondary N) is 6. The summed E-state index contributed by atoms with van der Waals surface area (Å²) in [5.41, 5.74) is 15.4. The fraction of sp³-hybridized carbons (Fsp3) is 0.278. The fourth-order valence-electron chi connectivity index (χ4n) is 12.4. The molecule has 13 heteroatoms. The first-order chi connectivity index (χ1) is 41.5. The molecule has 1 aromatic heterocycles. The van der Waals surface area contributed by atoms with Crippen molar-refractivity contribution in [1.82, 2.24) is 25.0 Å². The number of amides is 4. The third-order valence-corrected chi connectivity index (χ3v) is 17.2. The number of allylic oxidation sites excluding steroid dienone is 1. The van der Waals surface area contributed by atoms with Crippen molar-refractivity contribution < 1.29 is 19.2 Å². The molecular formula is C72H75N9O4. The molecule has 5 heterocycles. The number of aromatic nitrogens is 1. The minimum absolute atomic E-state index is 0.112. The molecule has 1 saturated carbocycles. The molecule has 8 aromatic rings. The van der Waals surface area contributed by atoms with Gasteiger partial charge in [-0.2, -0.15) is 0 Å². The first-order valence-corrected chi connectivity index (χ1v) is 30.4. The number of aryl methyl sites for hydroxylation is 1. The van der Waals surface area contributed by atoms with Crippen molar-refractivity contribution in [1.29, 1.82) is 0 Å². The Kier molecular flexibility index (Phi) is 16.9. The molecule has 432 valence electrons. The van der Waals surface area contributed by atoms with Gasteiger partial charge in [0.15, 0.2) is 0 Å². The van der Waals surface area contributed by atoms with Crippen molar-refractivity contribution in [3.8, 4) is 0 Å². The minimum atomic E-state index is -0.201. The minimum Gasteiger partial charge on any atom is -0.358 e. The molecule has 4 aliphatic heterocycles. The van der Waals surface area contributed by atoms with E-state index in [0.717, 1.165) is 101 Å². The summed E-state index contributed by atoms with van der Waals surface area (Å²) in [5, 5.41) is 20.7. The average molecular weight is 1130 g/mol. The van der Waals surface area contributed by atoms with Gasteiger partial charge in [0, 0.05) is 87.9 Å². The number of hydrogen-bond acceptors (Lipinski definition) is 8. The summed E-state index contributed by atoms with van der Waals surface area (Å²) < 4.78 is 2.09. The van der Waals surface area contributed by atoms with E-state index in [1.165, 1.54) is 56.3 Å². The van der Waals surface area contributed by atoms with Crippen molar-refractivity contribution in [2.24, 2.45) is 13.0 Å². The second kappa shape index (κ2) is 25.4. The molecule has 13 rings (SSSR count). The second-order valence-corrected chi connectivity index (χ2v) is 23.4. The molecule has 4 amide bonds. The molecule has 0 radical (unpaired) electrons. The molecule has 5 aliphatic rings. The fourth-order valence-corrected chi connectivity index (χ4v) is 12.4. The molecule has 85 heavy (non-hydrogen) atoms. The first kappa shape index (κ1) is 56.4. The van der Waals surface area contributed by atoms with E-state index in [1.54, 1.807) is 12.1 Å². The molecule has 3 fully saturated rings. The maximum atomic E-state index is 13.8. The zero-order valence-corrected chi connectivity index (χ0v) is 48.8. The van der Waals surface area contributed by atoms with Gasteiger partial charge in [-0.1, -0.05) is 104 Å². The highest BCUT2D eigenvalue weighted by Gasteiger charge is 2.36. The predicted molar refractivity (Wildman–Crippen MR) is 343 cm³/mol. The number of carbonyl (C=O) groups excluding carboxylic acids is 4. The van der Waals surface area contributed by atoms with Crippen molar-refractivity contribution >= 4 is 74.1 Å². The van der Waals surface area contributed by atoms with E-state index in [2.05, 4.69) is 120 Å². The number of fused-ring (bicyclic) bond motifs is 3. The first-order valence-electron chi connectivity index (χ1n) is 30.4. The number of piperidine rings is 1. The summed E-state index contributed by atoms with van der Waals surface area (Å²) >= 11 is 0. The Morgan fingerprint density at radius 3 is 1.79 bits per heavy atom. The Morgan fingerprint density at radius 2 is 1.14 bits per heavy atom. The Bertz CT molecular complexity index is 3830. The molecule has 0 spiro atoms. The zero-order chi connectivity index (χ0) is 58.4. The van der Waals surface area contributed by atoms with Crippen molar-refractivity contribution in [3.63, 3.8) is 0 Å². The number of nitrogens with zero attached hydrogens (tertiary/aromatic N) is 3. The number of rotatable bonds is 17. The van der Waals surface area contributed by atoms with E-state index in [4.69, 9.17) is 0 Å². The number of hydrogen-bond donors (Lipinski definition) is 6. The smallest absolute Gasteiger partial charge is 0.258 e. The quantitative estimate of drug-likeness (QED) is 0.0493. The van der Waals surface area contributed by atoms with Crippen LogP contribution in [0.4, 0.5) is 22.7 Å². The van der Waals surface area contributed by atoms with Crippen LogP contribution in [-0.2, 0) is 29.7 Å². The van der Waals surface area contributed by atoms with Gasteiger partial charge < -0.3 is 36.5 Å². The Hall–Kier alpha value is -9.04. The average Bonchev–Trinajstić information content (AvgIpc) is 3.32. The van der Waals surface area contributed by atoms with Gasteiger partial charge in [0.1, 0.15) is 0 Å². The lowest BCUT2D eigenvalue weighted by molar-refractivity contribution is -0.111. The number of carbonyl (C=O) groups is 4. The van der Waals surface area contributed by atoms with Crippen LogP contribution in [0.25, 0.3) is 27.7 Å². The summed E-state index contributed by atoms with van der Waals surface area (Å²) in [6.07, 6.45) is 11.3. The standard InChI is InChI=1S/C40H41N5O2.C32H34N4O2/c1-3-34(28-12-6-4-7-13-28)42-39(46)31-15-17-35-33(25-31)37(40(47)43-35)38(30-16-18-36-29(24-30)19-22-44(36)2)41-32-14-10-11-27(23-32)26-45-20-8-5-9-21-45;1-21(23-7-3-2-4-8-23)33-31(37)25-13-16-28-27(19-25)29(32(38)35-28)30(24-11-12-24)34-26-14-9-22(10-15-26)20-36-17-5-6-18-36/h4,6-7,10-19,22-25,34,41H,3,5,8-9,20-21,26H2,1-2H3,(H,42,46)(H,43,47);2-4,7-10,13-16,19,21,24,34H,5-6,11-12,17-18,20H2,1H3,(H,33,37)(H,35,38)/b38-37-;30-29-/t34-;21-/m11/s1. The van der Waals surface area contributed by atoms with Gasteiger partial charge in [0.25, 0.3) is 23.6 Å². The van der Waals surface area contributed by atoms with Gasteiger partial charge >= 0.3 is 0 Å². The van der Waals surface area contributed by atoms with Crippen molar-refractivity contribution in [3.05, 3.63) is 232 Å². The maximum absolute atomic E-state index is 13.8. The van der Waals surface area contributed by atoms with E-state index in [-0.39, 0.29) is 35.7 Å². The highest BCUT2D eigenvalue weighted by Crippen LogP contribution is 2.45. The summed E-state index contributed by atoms with van der Waals surface area (Å²) in [6, 6.07) is 56.0. The van der Waals surface area contributed by atoms with Gasteiger partial charge in [-0.15, -0.1) is 0 Å². The Balaban J connectivity index is 0.000000171. The third-order valence-electron chi connectivity index (χ3n) is 17.2. The van der Waals surface area contributed by atoms with E-state index in [9.17, 15) is 19.2 Å². The Morgan fingerprint density at radius 1 is 0.553 bits per heavy atom. The van der Waals surface area contributed by atoms with Gasteiger partial charge in [-0.05, 0) is 191 Å². The molecule has 2 atom stereocenters. The predicted octanol–water partition coefficient (Wildman–Crippen LogP) is 13.9. The van der Waals surface area contributed by atoms with Crippen LogP contribution in [0.15, 0.2) is 182 Å². The largest absolute Gasteiger partial charge is 0.358 e. The lowest BCUT2D eigenvalue weighted by atomic mass is 9.97. The van der Waals surface area contributed by atoms with E-state index in [0.29, 0.717) is 45.1 Å². The monoisotopic (exact) mass is 1130 g/mol. The third kappa shape index (κ3) is 13.0. The lowest BCUT2D eigenvalue weighted by Gasteiger charge is -2.26. The number of likely N-dealkylation sites (tertiary alicyclic amines) is 2. The van der Waals surface area contributed by atoms with E-state index >= 15 is 0 Å². The van der Waals surface area contributed by atoms with E-state index < -0.39 is 0 Å². The van der Waals surface area contributed by atoms with Gasteiger partial charge in [0.2, 0.25) is 0 Å². The summed E-state index contributed by atoms with van der Waals surface area (Å²) in [6.45, 7) is 10.5. The van der Waals surface area contributed by atoms with Crippen LogP contribution in [-0.4, -0.2) is 64.2 Å². The maximum Gasteiger partial charge on any atom is 0.258 e. The van der Waals surface area contributed by atoms with Gasteiger partial charge in [-0.25, -0.2) is 0 Å². The van der Waals surface area contributed by atoms with Crippen LogP contribution in [0.1, 0.15) is 137 Å². The molecule has 6 N–H and O–H groups in total. The molecule has 0 unspecified atom stereocenters. The molecule has 0 bridgehead atoms. The van der Waals surface area contributed by atoms with Crippen molar-refractivity contribution in [2.75, 3.05) is 47.4 Å². The molecular weight excluding hydrogens is 1050 g/mol. The van der Waals surface area contributed by atoms with Crippen LogP contribution < -0.4 is 31.9 Å². The summed E-state index contributed by atoms with van der Waals surface area (Å²) in [5.74, 6) is -0.324. The lowest BCUT2D eigenvalue weighted by Crippen LogP contribution is -2.29. The van der Waals surface area contributed by atoms with Gasteiger partial charge in [0.05, 0.1) is 28.9 Å². The zero-order valence-electron chi connectivity index (χ0n) is 48.8. The highest BCUT2D eigenvalue weighted by atomic mass is 16.2. The SMILES string of the molecule is CC[C@@H](NC(=O)c1ccc2c(c1)/C(=C(/Nc1cccc(CN3CCCCC3)c1)c1ccc3c(ccn3C)c1)C(=O)N2)c1ccccc1.C[C@@H](NC(=O)c1ccc2c(c1)/C(=C(/Nc1ccc(CN3CCCC3)cc1)C1CC1)C(=O)N2)c1ccccc1. The van der Waals surface area contributed by atoms with Crippen LogP contribution in [0.3, 0.4) is 0 Å². The normalized spacial score (nSPS) is 17.6. The number of anilines is 4. The molecule has 13 nitrogen and oxygen atoms in total. The molecule has 2 saturated heterocycles. The number of benzene rings is 7. The second-order valence-electron chi connectivity index (χ2n) is 23.4. The highest BCUT2D eigenvalue weighted by molar-refractivity contribution is 6.38. The van der Waals surface area contributed by atoms with Crippen LogP contribution in [0.2, 0.25) is 0 Å². The summed E-state index contributed by atoms with van der Waals surface area (Å²) in [4.78, 5) is 58.7. The van der Waals surface area contributed by atoms with Gasteiger partial charge in [-0.3, -0.25) is 29.0 Å². The molecule has 1 aliphatic carbocycles. The van der Waals surface area contributed by atoms with Crippen LogP contribution >= 0.6 is 0 Å². The van der Waals surface area contributed by atoms with Crippen LogP contribution in [0.5, 0.6) is 0 Å². The topological polar surface area (TPSA) is 152 Å². The Labute approximate surface area is 498 Å². The summed E-state index contributed by atoms with van der Waals surface area (Å²) in [7, 11) is 2.03. The van der Waals surface area contributed by atoms with Crippen LogP contribution in [0, 0.1) is 5.92 Å².